The third-order valence-corrected chi connectivity index (χ3v) is 2.32. The lowest BCUT2D eigenvalue weighted by molar-refractivity contribution is 0.314. The lowest BCUT2D eigenvalue weighted by atomic mass is 10.1. The summed E-state index contributed by atoms with van der Waals surface area (Å²) in [6.45, 7) is 5.56. The molecule has 9 heavy (non-hydrogen) atoms. The van der Waals surface area contributed by atoms with Crippen LogP contribution in [0.5, 0.6) is 0 Å². The largest absolute Gasteiger partial charge is 0.300 e. The zero-order valence-electron chi connectivity index (χ0n) is 6.52. The Kier molecular flexibility index (Phi) is 2.09. The van der Waals surface area contributed by atoms with Crippen molar-refractivity contribution in [2.45, 2.75) is 32.4 Å². The van der Waals surface area contributed by atoms with Gasteiger partial charge in [-0.15, -0.1) is 0 Å². The van der Waals surface area contributed by atoms with Gasteiger partial charge in [0.25, 0.3) is 0 Å². The average molecular weight is 128 g/mol. The highest BCUT2D eigenvalue weighted by atomic mass is 15.3. The van der Waals surface area contributed by atoms with E-state index >= 15 is 0 Å². The second kappa shape index (κ2) is 2.67. The fraction of sp³-hybridized carbons (Fsp3) is 1.00. The highest BCUT2D eigenvalue weighted by molar-refractivity contribution is 4.83. The third kappa shape index (κ3) is 1.25. The first-order chi connectivity index (χ1) is 4.25. The van der Waals surface area contributed by atoms with Crippen molar-refractivity contribution in [3.05, 3.63) is 0 Å². The molecule has 0 aromatic rings. The van der Waals surface area contributed by atoms with Crippen LogP contribution in [0.25, 0.3) is 0 Å². The third-order valence-electron chi connectivity index (χ3n) is 2.32. The number of rotatable bonds is 1. The summed E-state index contributed by atoms with van der Waals surface area (Å²) < 4.78 is 0. The molecule has 0 amide bonds. The van der Waals surface area contributed by atoms with Gasteiger partial charge in [0.1, 0.15) is 0 Å². The van der Waals surface area contributed by atoms with Gasteiger partial charge < -0.3 is 0 Å². The topological polar surface area (TPSA) is 15.3 Å². The van der Waals surface area contributed by atoms with Gasteiger partial charge in [-0.1, -0.05) is 6.92 Å². The van der Waals surface area contributed by atoms with Crippen molar-refractivity contribution in [2.24, 2.45) is 0 Å². The smallest absolute Gasteiger partial charge is 0.0483 e. The molecule has 1 aliphatic rings. The van der Waals surface area contributed by atoms with E-state index in [0.717, 1.165) is 18.8 Å². The molecular formula is C7H16N2. The second-order valence-electron chi connectivity index (χ2n) is 2.87. The van der Waals surface area contributed by atoms with Crippen molar-refractivity contribution < 1.29 is 0 Å². The van der Waals surface area contributed by atoms with Gasteiger partial charge in [-0.3, -0.25) is 10.2 Å². The standard InChI is InChI=1S/C7H16N2/c1-4-7-6(2)9(3)5-8-7/h6-8H,4-5H2,1-3H3. The van der Waals surface area contributed by atoms with Crippen LogP contribution >= 0.6 is 0 Å². The summed E-state index contributed by atoms with van der Waals surface area (Å²) in [6, 6.07) is 1.44. The fourth-order valence-corrected chi connectivity index (χ4v) is 1.37. The van der Waals surface area contributed by atoms with Gasteiger partial charge in [0, 0.05) is 18.8 Å². The van der Waals surface area contributed by atoms with Crippen LogP contribution in [-0.4, -0.2) is 30.7 Å². The van der Waals surface area contributed by atoms with Crippen LogP contribution in [0.3, 0.4) is 0 Å². The van der Waals surface area contributed by atoms with Crippen molar-refractivity contribution in [1.29, 1.82) is 0 Å². The van der Waals surface area contributed by atoms with Crippen LogP contribution in [0.4, 0.5) is 0 Å². The minimum absolute atomic E-state index is 0.718. The van der Waals surface area contributed by atoms with Crippen LogP contribution in [0, 0.1) is 0 Å². The van der Waals surface area contributed by atoms with E-state index in [9.17, 15) is 0 Å². The van der Waals surface area contributed by atoms with E-state index in [1.165, 1.54) is 6.42 Å². The van der Waals surface area contributed by atoms with Crippen LogP contribution in [0.1, 0.15) is 20.3 Å². The van der Waals surface area contributed by atoms with Gasteiger partial charge in [0.05, 0.1) is 0 Å². The van der Waals surface area contributed by atoms with Gasteiger partial charge >= 0.3 is 0 Å². The first kappa shape index (κ1) is 7.03. The van der Waals surface area contributed by atoms with E-state index in [4.69, 9.17) is 0 Å². The molecule has 0 radical (unpaired) electrons. The maximum absolute atomic E-state index is 3.43. The summed E-state index contributed by atoms with van der Waals surface area (Å²) >= 11 is 0. The molecule has 0 aliphatic carbocycles. The van der Waals surface area contributed by atoms with Crippen LogP contribution in [0.15, 0.2) is 0 Å². The molecule has 2 nitrogen and oxygen atoms in total. The van der Waals surface area contributed by atoms with Gasteiger partial charge in [0.2, 0.25) is 0 Å². The minimum Gasteiger partial charge on any atom is -0.300 e. The summed E-state index contributed by atoms with van der Waals surface area (Å²) in [7, 11) is 2.16. The molecule has 2 unspecified atom stereocenters. The fourth-order valence-electron chi connectivity index (χ4n) is 1.37. The lowest BCUT2D eigenvalue weighted by Gasteiger charge is -2.17. The molecule has 0 spiro atoms. The molecule has 1 aliphatic heterocycles. The van der Waals surface area contributed by atoms with E-state index < -0.39 is 0 Å². The highest BCUT2D eigenvalue weighted by Gasteiger charge is 2.24. The van der Waals surface area contributed by atoms with E-state index in [2.05, 4.69) is 31.1 Å². The molecule has 2 heteroatoms. The maximum Gasteiger partial charge on any atom is 0.0483 e. The Morgan fingerprint density at radius 3 is 2.56 bits per heavy atom. The van der Waals surface area contributed by atoms with Crippen molar-refractivity contribution in [3.8, 4) is 0 Å². The molecular weight excluding hydrogens is 112 g/mol. The Hall–Kier alpha value is -0.0800. The minimum atomic E-state index is 0.718. The molecule has 1 rings (SSSR count). The molecule has 1 N–H and O–H groups in total. The average Bonchev–Trinajstić information content (AvgIpc) is 2.15. The first-order valence-electron chi connectivity index (χ1n) is 3.69. The first-order valence-corrected chi connectivity index (χ1v) is 3.69. The summed E-state index contributed by atoms with van der Waals surface area (Å²) in [5, 5.41) is 3.43. The number of nitrogens with zero attached hydrogens (tertiary/aromatic N) is 1. The molecule has 1 saturated heterocycles. The maximum atomic E-state index is 3.43. The van der Waals surface area contributed by atoms with Crippen molar-refractivity contribution in [3.63, 3.8) is 0 Å². The summed E-state index contributed by atoms with van der Waals surface area (Å²) in [4.78, 5) is 2.34. The molecule has 0 aromatic carbocycles. The van der Waals surface area contributed by atoms with Crippen LogP contribution < -0.4 is 5.32 Å². The molecule has 54 valence electrons. The van der Waals surface area contributed by atoms with Crippen LogP contribution in [-0.2, 0) is 0 Å². The predicted octanol–water partition coefficient (Wildman–Crippen LogP) is 0.646. The summed E-state index contributed by atoms with van der Waals surface area (Å²) in [5.41, 5.74) is 0. The van der Waals surface area contributed by atoms with E-state index in [1.54, 1.807) is 0 Å². The van der Waals surface area contributed by atoms with Gasteiger partial charge in [-0.25, -0.2) is 0 Å². The SMILES string of the molecule is CCC1NCN(C)C1C. The number of nitrogens with one attached hydrogen (secondary N) is 1. The van der Waals surface area contributed by atoms with Gasteiger partial charge in [0.15, 0.2) is 0 Å². The van der Waals surface area contributed by atoms with Gasteiger partial charge in [-0.05, 0) is 20.4 Å². The summed E-state index contributed by atoms with van der Waals surface area (Å²) in [6.07, 6.45) is 1.24. The van der Waals surface area contributed by atoms with Crippen LogP contribution in [0.2, 0.25) is 0 Å². The lowest BCUT2D eigenvalue weighted by Crippen LogP contribution is -2.30. The monoisotopic (exact) mass is 128 g/mol. The Bertz CT molecular complexity index is 92.9. The van der Waals surface area contributed by atoms with E-state index in [1.807, 2.05) is 0 Å². The van der Waals surface area contributed by atoms with Crippen molar-refractivity contribution >= 4 is 0 Å². The number of likely N-dealkylation sites (N-methyl/N-ethyl adjacent to an activating group) is 1. The Labute approximate surface area is 57.2 Å². The zero-order valence-corrected chi connectivity index (χ0v) is 6.52. The molecule has 1 heterocycles. The normalized spacial score (nSPS) is 37.7. The van der Waals surface area contributed by atoms with Crippen molar-refractivity contribution in [1.82, 2.24) is 10.2 Å². The molecule has 0 saturated carbocycles. The number of hydrogen-bond acceptors (Lipinski definition) is 2. The molecule has 2 atom stereocenters. The Morgan fingerprint density at radius 2 is 2.33 bits per heavy atom. The molecule has 1 fully saturated rings. The predicted molar refractivity (Wildman–Crippen MR) is 39.3 cm³/mol. The van der Waals surface area contributed by atoms with Gasteiger partial charge in [-0.2, -0.15) is 0 Å². The second-order valence-corrected chi connectivity index (χ2v) is 2.87. The number of hydrogen-bond donors (Lipinski definition) is 1. The molecule has 0 aromatic heterocycles. The highest BCUT2D eigenvalue weighted by Crippen LogP contribution is 2.10. The Balaban J connectivity index is 2.41. The van der Waals surface area contributed by atoms with E-state index in [0.29, 0.717) is 0 Å². The zero-order chi connectivity index (χ0) is 6.85. The van der Waals surface area contributed by atoms with E-state index in [-0.39, 0.29) is 0 Å². The summed E-state index contributed by atoms with van der Waals surface area (Å²) in [5.74, 6) is 0. The Morgan fingerprint density at radius 1 is 1.67 bits per heavy atom. The van der Waals surface area contributed by atoms with Crippen molar-refractivity contribution in [2.75, 3.05) is 13.7 Å². The molecule has 0 bridgehead atoms. The quantitative estimate of drug-likeness (QED) is 0.557.